The average molecular weight is 278 g/mol. The third kappa shape index (κ3) is 2.72. The summed E-state index contributed by atoms with van der Waals surface area (Å²) >= 11 is 0. The van der Waals surface area contributed by atoms with E-state index in [0.717, 1.165) is 16.9 Å². The number of rotatable bonds is 2. The molecule has 0 unspecified atom stereocenters. The Labute approximate surface area is 122 Å². The van der Waals surface area contributed by atoms with Gasteiger partial charge in [-0.05, 0) is 44.2 Å². The van der Waals surface area contributed by atoms with Crippen LogP contribution < -0.4 is 5.32 Å². The summed E-state index contributed by atoms with van der Waals surface area (Å²) < 4.78 is 0. The molecule has 2 aromatic heterocycles. The first-order chi connectivity index (χ1) is 10.1. The molecule has 0 aliphatic rings. The summed E-state index contributed by atoms with van der Waals surface area (Å²) in [4.78, 5) is 25.0. The van der Waals surface area contributed by atoms with Gasteiger partial charge in [-0.2, -0.15) is 0 Å². The van der Waals surface area contributed by atoms with Crippen LogP contribution >= 0.6 is 0 Å². The van der Waals surface area contributed by atoms with Crippen LogP contribution in [0.3, 0.4) is 0 Å². The molecule has 3 rings (SSSR count). The van der Waals surface area contributed by atoms with Crippen molar-refractivity contribution in [2.45, 2.75) is 13.8 Å². The van der Waals surface area contributed by atoms with Gasteiger partial charge in [-0.1, -0.05) is 0 Å². The first-order valence-electron chi connectivity index (χ1n) is 6.60. The number of hydrogen-bond donors (Lipinski definition) is 1. The largest absolute Gasteiger partial charge is 0.320 e. The molecular formula is C16H14N4O. The number of benzene rings is 1. The highest BCUT2D eigenvalue weighted by molar-refractivity contribution is 6.06. The maximum absolute atomic E-state index is 12.3. The topological polar surface area (TPSA) is 67.8 Å². The van der Waals surface area contributed by atoms with Gasteiger partial charge in [-0.25, -0.2) is 0 Å². The Bertz CT molecular complexity index is 829. The van der Waals surface area contributed by atoms with E-state index in [2.05, 4.69) is 20.3 Å². The number of carbonyl (C=O) groups excluding carboxylic acids is 1. The molecule has 0 saturated carbocycles. The van der Waals surface area contributed by atoms with Gasteiger partial charge in [-0.3, -0.25) is 19.7 Å². The van der Waals surface area contributed by atoms with E-state index in [9.17, 15) is 4.79 Å². The molecule has 1 aromatic carbocycles. The molecule has 0 aliphatic carbocycles. The zero-order valence-corrected chi connectivity index (χ0v) is 11.8. The smallest absolute Gasteiger partial charge is 0.255 e. The van der Waals surface area contributed by atoms with Crippen molar-refractivity contribution in [3.63, 3.8) is 0 Å². The van der Waals surface area contributed by atoms with Gasteiger partial charge in [0.25, 0.3) is 5.91 Å². The van der Waals surface area contributed by atoms with Crippen molar-refractivity contribution in [3.8, 4) is 0 Å². The van der Waals surface area contributed by atoms with E-state index >= 15 is 0 Å². The summed E-state index contributed by atoms with van der Waals surface area (Å²) in [7, 11) is 0. The fourth-order valence-electron chi connectivity index (χ4n) is 2.12. The predicted octanol–water partition coefficient (Wildman–Crippen LogP) is 2.89. The lowest BCUT2D eigenvalue weighted by molar-refractivity contribution is 0.102. The summed E-state index contributed by atoms with van der Waals surface area (Å²) in [6.45, 7) is 3.79. The Morgan fingerprint density at radius 1 is 1.00 bits per heavy atom. The van der Waals surface area contributed by atoms with Crippen LogP contribution in [0.5, 0.6) is 0 Å². The Morgan fingerprint density at radius 2 is 1.76 bits per heavy atom. The van der Waals surface area contributed by atoms with E-state index in [1.54, 1.807) is 30.6 Å². The second kappa shape index (κ2) is 5.28. The third-order valence-corrected chi connectivity index (χ3v) is 3.20. The third-order valence-electron chi connectivity index (χ3n) is 3.20. The number of pyridine rings is 1. The minimum Gasteiger partial charge on any atom is -0.320 e. The first kappa shape index (κ1) is 13.2. The van der Waals surface area contributed by atoms with Crippen LogP contribution in [-0.4, -0.2) is 20.9 Å². The number of fused-ring (bicyclic) bond motifs is 1. The van der Waals surface area contributed by atoms with E-state index in [1.165, 1.54) is 0 Å². The van der Waals surface area contributed by atoms with Crippen LogP contribution in [0, 0.1) is 13.8 Å². The fourth-order valence-corrected chi connectivity index (χ4v) is 2.12. The van der Waals surface area contributed by atoms with E-state index in [-0.39, 0.29) is 5.91 Å². The SMILES string of the molecule is Cc1ccc(NC(=O)c2ccc3nccnc3c2)c(C)n1. The molecule has 1 N–H and O–H groups in total. The average Bonchev–Trinajstić information content (AvgIpc) is 2.49. The van der Waals surface area contributed by atoms with Gasteiger partial charge < -0.3 is 5.32 Å². The first-order valence-corrected chi connectivity index (χ1v) is 6.60. The van der Waals surface area contributed by atoms with Crippen molar-refractivity contribution in [2.24, 2.45) is 0 Å². The molecule has 0 spiro atoms. The monoisotopic (exact) mass is 278 g/mol. The van der Waals surface area contributed by atoms with Crippen LogP contribution in [0.4, 0.5) is 5.69 Å². The highest BCUT2D eigenvalue weighted by Crippen LogP contribution is 2.16. The number of nitrogens with zero attached hydrogens (tertiary/aromatic N) is 3. The normalized spacial score (nSPS) is 10.6. The molecule has 0 bridgehead atoms. The number of nitrogens with one attached hydrogen (secondary N) is 1. The molecule has 0 saturated heterocycles. The maximum Gasteiger partial charge on any atom is 0.255 e. The molecule has 0 radical (unpaired) electrons. The number of aryl methyl sites for hydroxylation is 2. The highest BCUT2D eigenvalue weighted by Gasteiger charge is 2.09. The molecule has 2 heterocycles. The van der Waals surface area contributed by atoms with E-state index < -0.39 is 0 Å². The molecule has 21 heavy (non-hydrogen) atoms. The molecule has 104 valence electrons. The summed E-state index contributed by atoms with van der Waals surface area (Å²) in [5, 5.41) is 2.87. The molecule has 5 nitrogen and oxygen atoms in total. The van der Waals surface area contributed by atoms with E-state index in [4.69, 9.17) is 0 Å². The van der Waals surface area contributed by atoms with E-state index in [0.29, 0.717) is 16.8 Å². The lowest BCUT2D eigenvalue weighted by Gasteiger charge is -2.08. The summed E-state index contributed by atoms with van der Waals surface area (Å²) in [6, 6.07) is 8.99. The quantitative estimate of drug-likeness (QED) is 0.782. The maximum atomic E-state index is 12.3. The van der Waals surface area contributed by atoms with Crippen LogP contribution in [0.2, 0.25) is 0 Å². The number of amides is 1. The minimum atomic E-state index is -0.184. The number of hydrogen-bond acceptors (Lipinski definition) is 4. The molecule has 0 atom stereocenters. The van der Waals surface area contributed by atoms with Crippen LogP contribution in [-0.2, 0) is 0 Å². The van der Waals surface area contributed by atoms with Gasteiger partial charge >= 0.3 is 0 Å². The minimum absolute atomic E-state index is 0.184. The number of aromatic nitrogens is 3. The van der Waals surface area contributed by atoms with Gasteiger partial charge in [0.05, 0.1) is 22.4 Å². The molecule has 1 amide bonds. The van der Waals surface area contributed by atoms with Crippen molar-refractivity contribution in [3.05, 3.63) is 59.7 Å². The fraction of sp³-hybridized carbons (Fsp3) is 0.125. The van der Waals surface area contributed by atoms with Gasteiger partial charge in [0.1, 0.15) is 0 Å². The van der Waals surface area contributed by atoms with Gasteiger partial charge in [-0.15, -0.1) is 0 Å². The lowest BCUT2D eigenvalue weighted by atomic mass is 10.1. The number of anilines is 1. The van der Waals surface area contributed by atoms with Gasteiger partial charge in [0, 0.05) is 23.7 Å². The molecule has 3 aromatic rings. The summed E-state index contributed by atoms with van der Waals surface area (Å²) in [5.74, 6) is -0.184. The second-order valence-electron chi connectivity index (χ2n) is 4.80. The molecule has 0 fully saturated rings. The Hall–Kier alpha value is -2.82. The summed E-state index contributed by atoms with van der Waals surface area (Å²) in [6.07, 6.45) is 3.24. The Morgan fingerprint density at radius 3 is 2.52 bits per heavy atom. The zero-order valence-electron chi connectivity index (χ0n) is 11.8. The molecule has 5 heteroatoms. The van der Waals surface area contributed by atoms with E-state index in [1.807, 2.05) is 26.0 Å². The molecular weight excluding hydrogens is 264 g/mol. The van der Waals surface area contributed by atoms with Crippen LogP contribution in [0.15, 0.2) is 42.7 Å². The van der Waals surface area contributed by atoms with Crippen LogP contribution in [0.25, 0.3) is 11.0 Å². The summed E-state index contributed by atoms with van der Waals surface area (Å²) in [5.41, 5.74) is 4.44. The lowest BCUT2D eigenvalue weighted by Crippen LogP contribution is -2.13. The van der Waals surface area contributed by atoms with Gasteiger partial charge in [0.2, 0.25) is 0 Å². The predicted molar refractivity (Wildman–Crippen MR) is 81.2 cm³/mol. The highest BCUT2D eigenvalue weighted by atomic mass is 16.1. The second-order valence-corrected chi connectivity index (χ2v) is 4.80. The van der Waals surface area contributed by atoms with Crippen molar-refractivity contribution < 1.29 is 4.79 Å². The van der Waals surface area contributed by atoms with Crippen LogP contribution in [0.1, 0.15) is 21.7 Å². The van der Waals surface area contributed by atoms with Crippen molar-refractivity contribution >= 4 is 22.6 Å². The Kier molecular flexibility index (Phi) is 3.31. The van der Waals surface area contributed by atoms with Gasteiger partial charge in [0.15, 0.2) is 0 Å². The van der Waals surface area contributed by atoms with Crippen molar-refractivity contribution in [1.29, 1.82) is 0 Å². The van der Waals surface area contributed by atoms with Crippen molar-refractivity contribution in [1.82, 2.24) is 15.0 Å². The standard InChI is InChI=1S/C16H14N4O/c1-10-3-5-13(11(2)19-10)20-16(21)12-4-6-14-15(9-12)18-8-7-17-14/h3-9H,1-2H3,(H,20,21). The number of carbonyl (C=O) groups is 1. The van der Waals surface area contributed by atoms with Crippen molar-refractivity contribution in [2.75, 3.05) is 5.32 Å². The Balaban J connectivity index is 1.89. The molecule has 0 aliphatic heterocycles. The zero-order chi connectivity index (χ0) is 14.8.